The Hall–Kier alpha value is -2.71. The Morgan fingerprint density at radius 1 is 1.23 bits per heavy atom. The lowest BCUT2D eigenvalue weighted by atomic mass is 10.0. The van der Waals surface area contributed by atoms with E-state index in [0.717, 1.165) is 11.1 Å². The van der Waals surface area contributed by atoms with Gasteiger partial charge in [-0.1, -0.05) is 6.07 Å². The van der Waals surface area contributed by atoms with E-state index in [9.17, 15) is 14.4 Å². The molecule has 3 amide bonds. The number of hydrogen-bond acceptors (Lipinski definition) is 5. The molecule has 2 aromatic rings. The van der Waals surface area contributed by atoms with Crippen LogP contribution in [-0.2, 0) is 9.59 Å². The summed E-state index contributed by atoms with van der Waals surface area (Å²) in [7, 11) is 0. The average molecular weight is 371 g/mol. The molecule has 8 heteroatoms. The molecule has 2 aliphatic heterocycles. The van der Waals surface area contributed by atoms with Crippen LogP contribution in [0.15, 0.2) is 35.0 Å². The molecule has 1 fully saturated rings. The summed E-state index contributed by atoms with van der Waals surface area (Å²) >= 11 is 1.58. The van der Waals surface area contributed by atoms with Gasteiger partial charge in [0.25, 0.3) is 5.91 Å². The number of nitrogens with zero attached hydrogens (tertiary/aromatic N) is 2. The van der Waals surface area contributed by atoms with Crippen molar-refractivity contribution in [1.82, 2.24) is 9.80 Å². The molecule has 7 nitrogen and oxygen atoms in total. The van der Waals surface area contributed by atoms with Gasteiger partial charge in [0.1, 0.15) is 12.6 Å². The van der Waals surface area contributed by atoms with Crippen LogP contribution in [-0.4, -0.2) is 64.9 Å². The Bertz CT molecular complexity index is 881. The summed E-state index contributed by atoms with van der Waals surface area (Å²) in [5.74, 6) is -0.987. The van der Waals surface area contributed by atoms with Crippen molar-refractivity contribution >= 4 is 34.7 Å². The zero-order chi connectivity index (χ0) is 18.3. The first-order valence-electron chi connectivity index (χ1n) is 8.25. The minimum atomic E-state index is -0.760. The lowest BCUT2D eigenvalue weighted by Crippen LogP contribution is -2.59. The highest BCUT2D eigenvalue weighted by Gasteiger charge is 2.40. The van der Waals surface area contributed by atoms with Crippen molar-refractivity contribution in [1.29, 1.82) is 0 Å². The van der Waals surface area contributed by atoms with Crippen LogP contribution < -0.4 is 5.32 Å². The Kier molecular flexibility index (Phi) is 4.21. The zero-order valence-electron chi connectivity index (χ0n) is 13.8. The van der Waals surface area contributed by atoms with Crippen molar-refractivity contribution in [2.24, 2.45) is 0 Å². The fraction of sp³-hybridized carbons (Fsp3) is 0.278. The average Bonchev–Trinajstić information content (AvgIpc) is 3.18. The molecular formula is C18H17N3O4S. The molecule has 3 heterocycles. The van der Waals surface area contributed by atoms with Gasteiger partial charge in [0.15, 0.2) is 0 Å². The molecule has 0 bridgehead atoms. The quantitative estimate of drug-likeness (QED) is 0.825. The molecule has 0 spiro atoms. The number of rotatable bonds is 2. The smallest absolute Gasteiger partial charge is 0.256 e. The van der Waals surface area contributed by atoms with Crippen LogP contribution >= 0.6 is 11.3 Å². The van der Waals surface area contributed by atoms with Crippen LogP contribution in [0.4, 0.5) is 5.69 Å². The maximum Gasteiger partial charge on any atom is 0.256 e. The predicted octanol–water partition coefficient (Wildman–Crippen LogP) is 1.01. The fourth-order valence-corrected chi connectivity index (χ4v) is 4.05. The Morgan fingerprint density at radius 2 is 2.08 bits per heavy atom. The van der Waals surface area contributed by atoms with Crippen molar-refractivity contribution in [3.8, 4) is 11.1 Å². The molecule has 0 aliphatic carbocycles. The van der Waals surface area contributed by atoms with E-state index in [0.29, 0.717) is 17.8 Å². The second-order valence-electron chi connectivity index (χ2n) is 6.27. The van der Waals surface area contributed by atoms with E-state index in [1.54, 1.807) is 23.5 Å². The molecule has 26 heavy (non-hydrogen) atoms. The zero-order valence-corrected chi connectivity index (χ0v) is 14.7. The standard InChI is InChI=1S/C18H17N3O4S/c22-9-16(23)20-4-5-21-15(8-20)17(24)19-14-2-1-11(7-13(14)18(21)25)12-3-6-26-10-12/h1-3,6-7,10,15,22H,4-5,8-9H2,(H,19,24)/t15-/m1/s1. The van der Waals surface area contributed by atoms with Crippen LogP contribution in [0.1, 0.15) is 10.4 Å². The number of piperazine rings is 1. The normalized spacial score (nSPS) is 19.5. The maximum absolute atomic E-state index is 13.1. The number of fused-ring (bicyclic) bond motifs is 2. The van der Waals surface area contributed by atoms with Gasteiger partial charge in [-0.2, -0.15) is 11.3 Å². The number of aliphatic hydroxyl groups is 1. The van der Waals surface area contributed by atoms with Crippen LogP contribution in [0.2, 0.25) is 0 Å². The van der Waals surface area contributed by atoms with Crippen LogP contribution in [0.5, 0.6) is 0 Å². The molecule has 1 aromatic heterocycles. The van der Waals surface area contributed by atoms with Gasteiger partial charge < -0.3 is 20.2 Å². The number of benzene rings is 1. The van der Waals surface area contributed by atoms with Crippen molar-refractivity contribution in [3.63, 3.8) is 0 Å². The van der Waals surface area contributed by atoms with E-state index in [1.165, 1.54) is 9.80 Å². The second kappa shape index (κ2) is 6.54. The Morgan fingerprint density at radius 3 is 2.81 bits per heavy atom. The van der Waals surface area contributed by atoms with Gasteiger partial charge in [0, 0.05) is 13.1 Å². The summed E-state index contributed by atoms with van der Waals surface area (Å²) in [5.41, 5.74) is 2.87. The van der Waals surface area contributed by atoms with Crippen molar-refractivity contribution < 1.29 is 19.5 Å². The van der Waals surface area contributed by atoms with Gasteiger partial charge in [0.2, 0.25) is 11.8 Å². The number of carbonyl (C=O) groups excluding carboxylic acids is 3. The molecular weight excluding hydrogens is 354 g/mol. The number of thiophene rings is 1. The molecule has 1 atom stereocenters. The monoisotopic (exact) mass is 371 g/mol. The molecule has 0 radical (unpaired) electrons. The number of aliphatic hydroxyl groups excluding tert-OH is 1. The summed E-state index contributed by atoms with van der Waals surface area (Å²) in [6.45, 7) is 0.0358. The number of anilines is 1. The Balaban J connectivity index is 1.68. The minimum absolute atomic E-state index is 0.0857. The number of nitrogens with one attached hydrogen (secondary N) is 1. The van der Waals surface area contributed by atoms with E-state index >= 15 is 0 Å². The maximum atomic E-state index is 13.1. The number of amides is 3. The molecule has 2 N–H and O–H groups in total. The largest absolute Gasteiger partial charge is 0.387 e. The first-order chi connectivity index (χ1) is 12.6. The number of carbonyl (C=O) groups is 3. The third kappa shape index (κ3) is 2.77. The predicted molar refractivity (Wildman–Crippen MR) is 96.9 cm³/mol. The third-order valence-electron chi connectivity index (χ3n) is 4.79. The molecule has 0 saturated carbocycles. The Labute approximate surface area is 153 Å². The summed E-state index contributed by atoms with van der Waals surface area (Å²) in [5, 5.41) is 15.8. The highest BCUT2D eigenvalue weighted by Crippen LogP contribution is 2.31. The highest BCUT2D eigenvalue weighted by atomic mass is 32.1. The highest BCUT2D eigenvalue weighted by molar-refractivity contribution is 7.08. The lowest BCUT2D eigenvalue weighted by Gasteiger charge is -2.39. The third-order valence-corrected chi connectivity index (χ3v) is 5.48. The molecule has 1 saturated heterocycles. The fourth-order valence-electron chi connectivity index (χ4n) is 3.39. The van der Waals surface area contributed by atoms with Gasteiger partial charge in [-0.25, -0.2) is 0 Å². The van der Waals surface area contributed by atoms with E-state index in [1.807, 2.05) is 22.9 Å². The van der Waals surface area contributed by atoms with Gasteiger partial charge >= 0.3 is 0 Å². The van der Waals surface area contributed by atoms with E-state index < -0.39 is 18.6 Å². The lowest BCUT2D eigenvalue weighted by molar-refractivity contribution is -0.138. The molecule has 4 rings (SSSR count). The molecule has 1 aromatic carbocycles. The first-order valence-corrected chi connectivity index (χ1v) is 9.20. The van der Waals surface area contributed by atoms with Gasteiger partial charge in [-0.15, -0.1) is 0 Å². The van der Waals surface area contributed by atoms with Gasteiger partial charge in [-0.3, -0.25) is 14.4 Å². The van der Waals surface area contributed by atoms with E-state index in [-0.39, 0.29) is 24.9 Å². The van der Waals surface area contributed by atoms with Crippen LogP contribution in [0.3, 0.4) is 0 Å². The summed E-state index contributed by atoms with van der Waals surface area (Å²) in [6, 6.07) is 6.64. The van der Waals surface area contributed by atoms with E-state index in [2.05, 4.69) is 5.32 Å². The van der Waals surface area contributed by atoms with Crippen LogP contribution in [0, 0.1) is 0 Å². The summed E-state index contributed by atoms with van der Waals surface area (Å²) < 4.78 is 0. The van der Waals surface area contributed by atoms with E-state index in [4.69, 9.17) is 5.11 Å². The summed E-state index contributed by atoms with van der Waals surface area (Å²) in [4.78, 5) is 40.4. The molecule has 2 aliphatic rings. The van der Waals surface area contributed by atoms with Crippen LogP contribution in [0.25, 0.3) is 11.1 Å². The van der Waals surface area contributed by atoms with Crippen molar-refractivity contribution in [2.45, 2.75) is 6.04 Å². The molecule has 134 valence electrons. The first kappa shape index (κ1) is 16.7. The summed E-state index contributed by atoms with van der Waals surface area (Å²) in [6.07, 6.45) is 0. The SMILES string of the molecule is O=C1Nc2ccc(-c3ccsc3)cc2C(=O)N2CCN(C(=O)CO)C[C@H]12. The van der Waals surface area contributed by atoms with Crippen molar-refractivity contribution in [3.05, 3.63) is 40.6 Å². The molecule has 0 unspecified atom stereocenters. The van der Waals surface area contributed by atoms with Gasteiger partial charge in [0.05, 0.1) is 17.8 Å². The topological polar surface area (TPSA) is 90.0 Å². The number of hydrogen-bond donors (Lipinski definition) is 2. The van der Waals surface area contributed by atoms with Crippen molar-refractivity contribution in [2.75, 3.05) is 31.6 Å². The minimum Gasteiger partial charge on any atom is -0.387 e. The second-order valence-corrected chi connectivity index (χ2v) is 7.05. The van der Waals surface area contributed by atoms with Gasteiger partial charge in [-0.05, 0) is 40.1 Å².